The van der Waals surface area contributed by atoms with Crippen LogP contribution in [0.3, 0.4) is 0 Å². The maximum absolute atomic E-state index is 12.3. The van der Waals surface area contributed by atoms with E-state index >= 15 is 0 Å². The minimum Gasteiger partial charge on any atom is -0.490 e. The Kier molecular flexibility index (Phi) is 8.71. The van der Waals surface area contributed by atoms with Crippen LogP contribution < -0.4 is 25.1 Å². The number of carbonyl (C=O) groups excluding carboxylic acids is 2. The zero-order valence-electron chi connectivity index (χ0n) is 18.7. The van der Waals surface area contributed by atoms with Crippen LogP contribution in [0.15, 0.2) is 78.9 Å². The first-order valence-corrected chi connectivity index (χ1v) is 10.7. The Morgan fingerprint density at radius 3 is 2.06 bits per heavy atom. The first kappa shape index (κ1) is 23.7. The average Bonchev–Trinajstić information content (AvgIpc) is 2.85. The molecule has 3 aromatic rings. The molecule has 33 heavy (non-hydrogen) atoms. The van der Waals surface area contributed by atoms with Crippen LogP contribution >= 0.6 is 0 Å². The van der Waals surface area contributed by atoms with Crippen LogP contribution in [0.1, 0.15) is 35.7 Å². The van der Waals surface area contributed by atoms with Crippen molar-refractivity contribution in [3.8, 4) is 17.2 Å². The summed E-state index contributed by atoms with van der Waals surface area (Å²) in [5, 5.41) is 0. The fraction of sp³-hybridized carbons (Fsp3) is 0.231. The average molecular weight is 449 g/mol. The first-order chi connectivity index (χ1) is 16.0. The number of para-hydroxylation sites is 1. The monoisotopic (exact) mass is 448 g/mol. The van der Waals surface area contributed by atoms with Crippen molar-refractivity contribution in [2.45, 2.75) is 19.8 Å². The summed E-state index contributed by atoms with van der Waals surface area (Å²) in [6.07, 6.45) is 0. The van der Waals surface area contributed by atoms with E-state index in [-0.39, 0.29) is 6.61 Å². The van der Waals surface area contributed by atoms with Gasteiger partial charge in [-0.3, -0.25) is 20.4 Å². The second-order valence-corrected chi connectivity index (χ2v) is 7.55. The van der Waals surface area contributed by atoms with Gasteiger partial charge in [0.1, 0.15) is 30.5 Å². The van der Waals surface area contributed by atoms with Gasteiger partial charge in [-0.1, -0.05) is 50.2 Å². The first-order valence-electron chi connectivity index (χ1n) is 10.7. The van der Waals surface area contributed by atoms with Gasteiger partial charge in [-0.2, -0.15) is 0 Å². The van der Waals surface area contributed by atoms with E-state index in [1.807, 2.05) is 54.6 Å². The van der Waals surface area contributed by atoms with Crippen LogP contribution in [0.25, 0.3) is 0 Å². The molecule has 0 spiro atoms. The highest BCUT2D eigenvalue weighted by Crippen LogP contribution is 2.18. The van der Waals surface area contributed by atoms with Crippen LogP contribution in [0.5, 0.6) is 17.2 Å². The molecule has 0 radical (unpaired) electrons. The number of hydrogen-bond acceptors (Lipinski definition) is 5. The summed E-state index contributed by atoms with van der Waals surface area (Å²) in [5.41, 5.74) is 6.26. The van der Waals surface area contributed by atoms with Crippen LogP contribution in [0.2, 0.25) is 0 Å². The summed E-state index contributed by atoms with van der Waals surface area (Å²) in [6.45, 7) is 4.69. The number of benzene rings is 3. The van der Waals surface area contributed by atoms with Gasteiger partial charge in [0.2, 0.25) is 0 Å². The van der Waals surface area contributed by atoms with Crippen molar-refractivity contribution in [1.29, 1.82) is 0 Å². The fourth-order valence-corrected chi connectivity index (χ4v) is 2.90. The lowest BCUT2D eigenvalue weighted by Gasteiger charge is -2.11. The lowest BCUT2D eigenvalue weighted by atomic mass is 10.0. The molecule has 2 amide bonds. The zero-order valence-corrected chi connectivity index (χ0v) is 18.7. The Bertz CT molecular complexity index is 1040. The molecular formula is C26H28N2O5. The number of carbonyl (C=O) groups is 2. The molecule has 3 aromatic carbocycles. The maximum Gasteiger partial charge on any atom is 0.276 e. The van der Waals surface area contributed by atoms with E-state index in [1.165, 1.54) is 5.56 Å². The van der Waals surface area contributed by atoms with E-state index in [1.54, 1.807) is 24.3 Å². The molecule has 0 aliphatic rings. The third kappa shape index (κ3) is 7.88. The minimum absolute atomic E-state index is 0.216. The van der Waals surface area contributed by atoms with Crippen molar-refractivity contribution in [3.05, 3.63) is 90.0 Å². The molecule has 2 N–H and O–H groups in total. The van der Waals surface area contributed by atoms with Gasteiger partial charge in [-0.05, 0) is 53.9 Å². The number of hydrazine groups is 1. The predicted molar refractivity (Wildman–Crippen MR) is 126 cm³/mol. The van der Waals surface area contributed by atoms with E-state index in [0.29, 0.717) is 36.2 Å². The SMILES string of the molecule is CC(C)c1ccc(OCC(=O)NNC(=O)c2cccc(OCCOc3ccccc3)c2)cc1. The Morgan fingerprint density at radius 1 is 0.727 bits per heavy atom. The molecular weight excluding hydrogens is 420 g/mol. The summed E-state index contributed by atoms with van der Waals surface area (Å²) in [7, 11) is 0. The molecule has 0 bridgehead atoms. The van der Waals surface area contributed by atoms with Crippen LogP contribution in [-0.4, -0.2) is 31.6 Å². The molecule has 3 rings (SSSR count). The van der Waals surface area contributed by atoms with Crippen LogP contribution in [-0.2, 0) is 4.79 Å². The molecule has 0 fully saturated rings. The van der Waals surface area contributed by atoms with Gasteiger partial charge in [0.25, 0.3) is 11.8 Å². The normalized spacial score (nSPS) is 10.4. The second kappa shape index (κ2) is 12.1. The van der Waals surface area contributed by atoms with Crippen molar-refractivity contribution in [1.82, 2.24) is 10.9 Å². The molecule has 0 aromatic heterocycles. The molecule has 0 saturated carbocycles. The molecule has 0 saturated heterocycles. The van der Waals surface area contributed by atoms with Crippen LogP contribution in [0, 0.1) is 0 Å². The summed E-state index contributed by atoms with van der Waals surface area (Å²) < 4.78 is 16.7. The highest BCUT2D eigenvalue weighted by Gasteiger charge is 2.09. The molecule has 0 unspecified atom stereocenters. The van der Waals surface area contributed by atoms with E-state index < -0.39 is 11.8 Å². The van der Waals surface area contributed by atoms with Gasteiger partial charge in [0, 0.05) is 5.56 Å². The number of nitrogens with one attached hydrogen (secondary N) is 2. The number of rotatable bonds is 10. The maximum atomic E-state index is 12.3. The lowest BCUT2D eigenvalue weighted by Crippen LogP contribution is -2.43. The van der Waals surface area contributed by atoms with Crippen molar-refractivity contribution in [2.24, 2.45) is 0 Å². The van der Waals surface area contributed by atoms with Crippen molar-refractivity contribution in [2.75, 3.05) is 19.8 Å². The number of amides is 2. The topological polar surface area (TPSA) is 85.9 Å². The molecule has 172 valence electrons. The summed E-state index contributed by atoms with van der Waals surface area (Å²) >= 11 is 0. The van der Waals surface area contributed by atoms with Crippen molar-refractivity contribution in [3.63, 3.8) is 0 Å². The summed E-state index contributed by atoms with van der Waals surface area (Å²) in [6, 6.07) is 23.7. The van der Waals surface area contributed by atoms with E-state index in [2.05, 4.69) is 24.7 Å². The number of ether oxygens (including phenoxy) is 3. The Labute approximate surface area is 193 Å². The zero-order chi connectivity index (χ0) is 23.5. The van der Waals surface area contributed by atoms with Crippen molar-refractivity contribution >= 4 is 11.8 Å². The Balaban J connectivity index is 1.39. The number of hydrogen-bond donors (Lipinski definition) is 2. The molecule has 0 atom stereocenters. The van der Waals surface area contributed by atoms with Crippen LogP contribution in [0.4, 0.5) is 0 Å². The minimum atomic E-state index is -0.471. The van der Waals surface area contributed by atoms with Crippen molar-refractivity contribution < 1.29 is 23.8 Å². The fourth-order valence-electron chi connectivity index (χ4n) is 2.90. The smallest absolute Gasteiger partial charge is 0.276 e. The lowest BCUT2D eigenvalue weighted by molar-refractivity contribution is -0.123. The molecule has 7 heteroatoms. The van der Waals surface area contributed by atoms with Gasteiger partial charge >= 0.3 is 0 Å². The Morgan fingerprint density at radius 2 is 1.36 bits per heavy atom. The second-order valence-electron chi connectivity index (χ2n) is 7.55. The highest BCUT2D eigenvalue weighted by molar-refractivity contribution is 5.95. The Hall–Kier alpha value is -4.00. The summed E-state index contributed by atoms with van der Waals surface area (Å²) in [4.78, 5) is 24.3. The van der Waals surface area contributed by atoms with Gasteiger partial charge in [-0.25, -0.2) is 0 Å². The summed E-state index contributed by atoms with van der Waals surface area (Å²) in [5.74, 6) is 1.36. The quantitative estimate of drug-likeness (QED) is 0.360. The van der Waals surface area contributed by atoms with E-state index in [0.717, 1.165) is 5.75 Å². The van der Waals surface area contributed by atoms with Gasteiger partial charge in [-0.15, -0.1) is 0 Å². The highest BCUT2D eigenvalue weighted by atomic mass is 16.5. The largest absolute Gasteiger partial charge is 0.490 e. The molecule has 0 heterocycles. The molecule has 0 aliphatic heterocycles. The standard InChI is InChI=1S/C26H28N2O5/c1-19(2)20-11-13-23(14-12-20)33-18-25(29)27-28-26(30)21-7-6-10-24(17-21)32-16-15-31-22-8-4-3-5-9-22/h3-14,17,19H,15-16,18H2,1-2H3,(H,27,29)(H,28,30). The third-order valence-electron chi connectivity index (χ3n) is 4.69. The third-order valence-corrected chi connectivity index (χ3v) is 4.69. The van der Waals surface area contributed by atoms with Gasteiger partial charge in [0.05, 0.1) is 0 Å². The van der Waals surface area contributed by atoms with E-state index in [4.69, 9.17) is 14.2 Å². The molecule has 0 aliphatic carbocycles. The predicted octanol–water partition coefficient (Wildman–Crippen LogP) is 4.11. The van der Waals surface area contributed by atoms with Gasteiger partial charge < -0.3 is 14.2 Å². The van der Waals surface area contributed by atoms with Gasteiger partial charge in [0.15, 0.2) is 6.61 Å². The molecule has 7 nitrogen and oxygen atoms in total. The van der Waals surface area contributed by atoms with E-state index in [9.17, 15) is 9.59 Å².